The van der Waals surface area contributed by atoms with E-state index in [4.69, 9.17) is 9.15 Å². The fraction of sp³-hybridized carbons (Fsp3) is 0. The van der Waals surface area contributed by atoms with Crippen LogP contribution in [0, 0.1) is 0 Å². The summed E-state index contributed by atoms with van der Waals surface area (Å²) in [7, 11) is 0. The number of hydrogen-bond donors (Lipinski definition) is 0. The van der Waals surface area contributed by atoms with Gasteiger partial charge in [0.1, 0.15) is 5.75 Å². The quantitative estimate of drug-likeness (QED) is 0.703. The normalized spacial score (nSPS) is 10.2. The van der Waals surface area contributed by atoms with Crippen LogP contribution in [0.25, 0.3) is 11.5 Å². The van der Waals surface area contributed by atoms with Crippen molar-refractivity contribution in [2.45, 2.75) is 0 Å². The Morgan fingerprint density at radius 1 is 1.00 bits per heavy atom. The minimum Gasteiger partial charge on any atom is -0.439 e. The van der Waals surface area contributed by atoms with Gasteiger partial charge in [0.15, 0.2) is 0 Å². The molecule has 0 atom stereocenters. The molecule has 88 valence electrons. The molecule has 18 heavy (non-hydrogen) atoms. The Bertz CT molecular complexity index is 607. The lowest BCUT2D eigenvalue weighted by Crippen LogP contribution is -1.86. The molecule has 0 spiro atoms. The standard InChI is InChI=1S/C13H9N3O2/c1-2-8-14-12(3-1)18-11-6-4-10(5-7-11)13-16-15-9-17-13/h1-9H. The predicted molar refractivity (Wildman–Crippen MR) is 64.0 cm³/mol. The number of pyridine rings is 1. The first-order chi connectivity index (χ1) is 8.92. The average Bonchev–Trinajstić information content (AvgIpc) is 2.95. The highest BCUT2D eigenvalue weighted by molar-refractivity contribution is 5.53. The molecule has 5 heteroatoms. The lowest BCUT2D eigenvalue weighted by atomic mass is 10.2. The van der Waals surface area contributed by atoms with Crippen molar-refractivity contribution in [1.82, 2.24) is 15.2 Å². The van der Waals surface area contributed by atoms with Crippen LogP contribution >= 0.6 is 0 Å². The lowest BCUT2D eigenvalue weighted by Gasteiger charge is -2.04. The van der Waals surface area contributed by atoms with Crippen molar-refractivity contribution >= 4 is 0 Å². The van der Waals surface area contributed by atoms with Gasteiger partial charge in [-0.05, 0) is 30.3 Å². The van der Waals surface area contributed by atoms with E-state index >= 15 is 0 Å². The van der Waals surface area contributed by atoms with Crippen molar-refractivity contribution in [2.75, 3.05) is 0 Å². The maximum Gasteiger partial charge on any atom is 0.247 e. The molecular weight excluding hydrogens is 230 g/mol. The molecule has 0 amide bonds. The number of benzene rings is 1. The van der Waals surface area contributed by atoms with Crippen molar-refractivity contribution in [3.8, 4) is 23.1 Å². The summed E-state index contributed by atoms with van der Waals surface area (Å²) in [6.45, 7) is 0. The molecule has 0 aliphatic heterocycles. The molecule has 0 aliphatic rings. The van der Waals surface area contributed by atoms with E-state index in [1.54, 1.807) is 12.3 Å². The molecule has 0 saturated carbocycles. The Morgan fingerprint density at radius 3 is 2.56 bits per heavy atom. The van der Waals surface area contributed by atoms with Gasteiger partial charge in [-0.3, -0.25) is 0 Å². The Labute approximate surface area is 103 Å². The third-order valence-electron chi connectivity index (χ3n) is 2.32. The molecule has 0 aliphatic carbocycles. The topological polar surface area (TPSA) is 61.0 Å². The Hall–Kier alpha value is -2.69. The molecule has 3 aromatic rings. The fourth-order valence-corrected chi connectivity index (χ4v) is 1.49. The zero-order chi connectivity index (χ0) is 12.2. The minimum absolute atomic E-state index is 0.486. The molecule has 0 unspecified atom stereocenters. The third kappa shape index (κ3) is 2.20. The number of rotatable bonds is 3. The Kier molecular flexibility index (Phi) is 2.71. The molecule has 2 aromatic heterocycles. The van der Waals surface area contributed by atoms with Crippen molar-refractivity contribution in [3.63, 3.8) is 0 Å². The van der Waals surface area contributed by atoms with E-state index in [1.807, 2.05) is 36.4 Å². The van der Waals surface area contributed by atoms with Crippen LogP contribution in [0.1, 0.15) is 0 Å². The molecule has 1 aromatic carbocycles. The van der Waals surface area contributed by atoms with Crippen molar-refractivity contribution in [3.05, 3.63) is 55.1 Å². The second-order valence-electron chi connectivity index (χ2n) is 3.54. The van der Waals surface area contributed by atoms with Crippen molar-refractivity contribution in [2.24, 2.45) is 0 Å². The summed E-state index contributed by atoms with van der Waals surface area (Å²) in [5, 5.41) is 7.46. The zero-order valence-electron chi connectivity index (χ0n) is 9.35. The van der Waals surface area contributed by atoms with E-state index in [-0.39, 0.29) is 0 Å². The van der Waals surface area contributed by atoms with Gasteiger partial charge in [0, 0.05) is 17.8 Å². The number of aromatic nitrogens is 3. The van der Waals surface area contributed by atoms with Crippen molar-refractivity contribution < 1.29 is 9.15 Å². The SMILES string of the molecule is c1ccc(Oc2ccc(-c3nnco3)cc2)nc1. The van der Waals surface area contributed by atoms with E-state index < -0.39 is 0 Å². The molecule has 0 fully saturated rings. The summed E-state index contributed by atoms with van der Waals surface area (Å²) in [5.41, 5.74) is 0.848. The predicted octanol–water partition coefficient (Wildman–Crippen LogP) is 2.92. The van der Waals surface area contributed by atoms with Crippen LogP contribution in [-0.2, 0) is 0 Å². The minimum atomic E-state index is 0.486. The molecule has 0 radical (unpaired) electrons. The first-order valence-corrected chi connectivity index (χ1v) is 5.37. The van der Waals surface area contributed by atoms with Gasteiger partial charge in [-0.15, -0.1) is 10.2 Å². The summed E-state index contributed by atoms with van der Waals surface area (Å²) in [6.07, 6.45) is 2.98. The summed E-state index contributed by atoms with van der Waals surface area (Å²) in [4.78, 5) is 4.08. The summed E-state index contributed by atoms with van der Waals surface area (Å²) in [6, 6.07) is 12.9. The molecule has 3 rings (SSSR count). The maximum absolute atomic E-state index is 5.57. The highest BCUT2D eigenvalue weighted by Gasteiger charge is 2.03. The first kappa shape index (κ1) is 10.5. The fourth-order valence-electron chi connectivity index (χ4n) is 1.49. The highest BCUT2D eigenvalue weighted by Crippen LogP contribution is 2.23. The highest BCUT2D eigenvalue weighted by atomic mass is 16.5. The summed E-state index contributed by atoms with van der Waals surface area (Å²) >= 11 is 0. The van der Waals surface area contributed by atoms with Crippen molar-refractivity contribution in [1.29, 1.82) is 0 Å². The van der Waals surface area contributed by atoms with Gasteiger partial charge in [-0.2, -0.15) is 0 Å². The Morgan fingerprint density at radius 2 is 1.89 bits per heavy atom. The van der Waals surface area contributed by atoms with Crippen LogP contribution in [0.15, 0.2) is 59.5 Å². The van der Waals surface area contributed by atoms with E-state index in [2.05, 4.69) is 15.2 Å². The van der Waals surface area contributed by atoms with Gasteiger partial charge in [-0.25, -0.2) is 4.98 Å². The first-order valence-electron chi connectivity index (χ1n) is 5.37. The summed E-state index contributed by atoms with van der Waals surface area (Å²) in [5.74, 6) is 1.75. The van der Waals surface area contributed by atoms with E-state index in [9.17, 15) is 0 Å². The second kappa shape index (κ2) is 4.67. The Balaban J connectivity index is 1.80. The molecular formula is C13H9N3O2. The molecule has 2 heterocycles. The second-order valence-corrected chi connectivity index (χ2v) is 3.54. The number of nitrogens with zero attached hydrogens (tertiary/aromatic N) is 3. The monoisotopic (exact) mass is 239 g/mol. The van der Waals surface area contributed by atoms with Gasteiger partial charge in [0.25, 0.3) is 0 Å². The van der Waals surface area contributed by atoms with E-state index in [1.165, 1.54) is 6.39 Å². The van der Waals surface area contributed by atoms with Gasteiger partial charge < -0.3 is 9.15 Å². The number of ether oxygens (including phenoxy) is 1. The molecule has 0 N–H and O–H groups in total. The van der Waals surface area contributed by atoms with Gasteiger partial charge >= 0.3 is 0 Å². The van der Waals surface area contributed by atoms with Gasteiger partial charge in [0.2, 0.25) is 18.2 Å². The smallest absolute Gasteiger partial charge is 0.247 e. The molecule has 0 bridgehead atoms. The van der Waals surface area contributed by atoms with Crippen LogP contribution in [0.5, 0.6) is 11.6 Å². The van der Waals surface area contributed by atoms with Crippen LogP contribution in [-0.4, -0.2) is 15.2 Å². The molecule has 0 saturated heterocycles. The average molecular weight is 239 g/mol. The largest absolute Gasteiger partial charge is 0.439 e. The van der Waals surface area contributed by atoms with Crippen LogP contribution in [0.2, 0.25) is 0 Å². The van der Waals surface area contributed by atoms with Crippen LogP contribution < -0.4 is 4.74 Å². The van der Waals surface area contributed by atoms with E-state index in [0.29, 0.717) is 17.5 Å². The van der Waals surface area contributed by atoms with Gasteiger partial charge in [0.05, 0.1) is 0 Å². The lowest BCUT2D eigenvalue weighted by molar-refractivity contribution is 0.463. The zero-order valence-corrected chi connectivity index (χ0v) is 9.35. The van der Waals surface area contributed by atoms with Crippen LogP contribution in [0.4, 0.5) is 0 Å². The summed E-state index contributed by atoms with van der Waals surface area (Å²) < 4.78 is 10.7. The van der Waals surface area contributed by atoms with Gasteiger partial charge in [-0.1, -0.05) is 6.07 Å². The third-order valence-corrected chi connectivity index (χ3v) is 2.32. The number of hydrogen-bond acceptors (Lipinski definition) is 5. The van der Waals surface area contributed by atoms with E-state index in [0.717, 1.165) is 5.56 Å². The molecule has 5 nitrogen and oxygen atoms in total. The van der Waals surface area contributed by atoms with Crippen LogP contribution in [0.3, 0.4) is 0 Å². The maximum atomic E-state index is 5.57.